The Bertz CT molecular complexity index is 3450. The number of rotatable bonds is 4. The van der Waals surface area contributed by atoms with E-state index in [0.717, 1.165) is 93.8 Å². The lowest BCUT2D eigenvalue weighted by molar-refractivity contribution is 0.669. The van der Waals surface area contributed by atoms with Crippen LogP contribution in [0.3, 0.4) is 0 Å². The molecule has 9 aromatic carbocycles. The second kappa shape index (κ2) is 11.1. The first-order valence-corrected chi connectivity index (χ1v) is 18.3. The minimum Gasteiger partial charge on any atom is -0.456 e. The first-order chi connectivity index (χ1) is 26.8. The number of hydrogen-bond donors (Lipinski definition) is 0. The molecule has 3 aromatic heterocycles. The molecule has 0 aliphatic carbocycles. The Morgan fingerprint density at radius 3 is 1.87 bits per heavy atom. The van der Waals surface area contributed by atoms with Crippen molar-refractivity contribution in [2.24, 2.45) is 0 Å². The zero-order valence-electron chi connectivity index (χ0n) is 29.0. The molecule has 0 unspecified atom stereocenters. The lowest BCUT2D eigenvalue weighted by Crippen LogP contribution is -2.10. The van der Waals surface area contributed by atoms with Gasteiger partial charge in [0, 0.05) is 66.2 Å². The van der Waals surface area contributed by atoms with Crippen LogP contribution in [0.5, 0.6) is 0 Å². The van der Waals surface area contributed by atoms with Gasteiger partial charge in [0.15, 0.2) is 0 Å². The van der Waals surface area contributed by atoms with Crippen LogP contribution in [0.15, 0.2) is 191 Å². The second-order valence-electron chi connectivity index (χ2n) is 14.1. The predicted molar refractivity (Wildman–Crippen MR) is 225 cm³/mol. The summed E-state index contributed by atoms with van der Waals surface area (Å²) >= 11 is 0. The van der Waals surface area contributed by atoms with Crippen LogP contribution in [0.4, 0.5) is 17.1 Å². The van der Waals surface area contributed by atoms with Gasteiger partial charge in [-0.3, -0.25) is 0 Å². The van der Waals surface area contributed by atoms with Gasteiger partial charge < -0.3 is 18.3 Å². The van der Waals surface area contributed by atoms with E-state index in [4.69, 9.17) is 8.83 Å². The standard InChI is InChI=1S/C50H30N2O2/c1-2-13-33(14-3-1)52-45-26-23-34(28-42(45)43-30-41-32(27-46(43)52)21-24-40-38-17-7-9-20-48(38)54-50(40)41)51(44-18-10-12-31-11-4-5-15-36(31)44)35-22-25-39-37-16-6-8-19-47(37)53-49(39)29-35/h1-30H. The minimum absolute atomic E-state index is 0.863. The Hall–Kier alpha value is -7.30. The average Bonchev–Trinajstić information content (AvgIpc) is 3.90. The van der Waals surface area contributed by atoms with Crippen LogP contribution < -0.4 is 4.90 Å². The average molecular weight is 691 g/mol. The van der Waals surface area contributed by atoms with Crippen molar-refractivity contribution in [1.29, 1.82) is 0 Å². The monoisotopic (exact) mass is 690 g/mol. The summed E-state index contributed by atoms with van der Waals surface area (Å²) in [6.07, 6.45) is 0. The third kappa shape index (κ3) is 4.19. The summed E-state index contributed by atoms with van der Waals surface area (Å²) in [6.45, 7) is 0. The van der Waals surface area contributed by atoms with Crippen molar-refractivity contribution in [2.45, 2.75) is 0 Å². The number of para-hydroxylation sites is 3. The summed E-state index contributed by atoms with van der Waals surface area (Å²) in [5.74, 6) is 0. The Labute approximate surface area is 309 Å². The maximum Gasteiger partial charge on any atom is 0.143 e. The van der Waals surface area contributed by atoms with Gasteiger partial charge in [0.2, 0.25) is 0 Å². The van der Waals surface area contributed by atoms with E-state index < -0.39 is 0 Å². The smallest absolute Gasteiger partial charge is 0.143 e. The molecule has 0 spiro atoms. The van der Waals surface area contributed by atoms with Gasteiger partial charge in [-0.25, -0.2) is 0 Å². The van der Waals surface area contributed by atoms with E-state index in [1.54, 1.807) is 0 Å². The quantitative estimate of drug-likeness (QED) is 0.184. The predicted octanol–water partition coefficient (Wildman–Crippen LogP) is 14.4. The van der Waals surface area contributed by atoms with Crippen molar-refractivity contribution >= 4 is 104 Å². The van der Waals surface area contributed by atoms with E-state index in [-0.39, 0.29) is 0 Å². The van der Waals surface area contributed by atoms with Crippen molar-refractivity contribution < 1.29 is 8.83 Å². The Morgan fingerprint density at radius 2 is 1.00 bits per heavy atom. The molecule has 12 rings (SSSR count). The molecule has 0 atom stereocenters. The number of nitrogens with zero attached hydrogens (tertiary/aromatic N) is 2. The Kier molecular flexibility index (Phi) is 6.02. The molecule has 0 saturated heterocycles. The van der Waals surface area contributed by atoms with Crippen LogP contribution in [0.25, 0.3) is 92.9 Å². The molecule has 0 amide bonds. The number of fused-ring (bicyclic) bond motifs is 12. The van der Waals surface area contributed by atoms with Crippen molar-refractivity contribution in [3.63, 3.8) is 0 Å². The van der Waals surface area contributed by atoms with Crippen LogP contribution >= 0.6 is 0 Å². The van der Waals surface area contributed by atoms with E-state index in [9.17, 15) is 0 Å². The number of furan rings is 2. The molecular weight excluding hydrogens is 661 g/mol. The van der Waals surface area contributed by atoms with Crippen LogP contribution in [0, 0.1) is 0 Å². The zero-order chi connectivity index (χ0) is 35.3. The molecule has 12 aromatic rings. The number of aromatic nitrogens is 1. The van der Waals surface area contributed by atoms with Crippen molar-refractivity contribution in [2.75, 3.05) is 4.90 Å². The van der Waals surface area contributed by atoms with Gasteiger partial charge in [0.25, 0.3) is 0 Å². The first-order valence-electron chi connectivity index (χ1n) is 18.3. The van der Waals surface area contributed by atoms with Crippen molar-refractivity contribution in [3.05, 3.63) is 182 Å². The Balaban J connectivity index is 1.16. The summed E-state index contributed by atoms with van der Waals surface area (Å²) < 4.78 is 15.4. The highest BCUT2D eigenvalue weighted by Crippen LogP contribution is 2.45. The SMILES string of the molecule is c1ccc(-n2c3ccc(N(c4ccc5c(c4)oc4ccccc45)c4cccc5ccccc45)cc3c3cc4c(ccc5c6ccccc6oc45)cc32)cc1. The molecule has 3 heterocycles. The fourth-order valence-corrected chi connectivity index (χ4v) is 8.69. The molecule has 0 saturated carbocycles. The molecule has 0 radical (unpaired) electrons. The molecule has 0 aliphatic heterocycles. The number of benzene rings is 9. The topological polar surface area (TPSA) is 34.5 Å². The third-order valence-corrected chi connectivity index (χ3v) is 11.1. The maximum absolute atomic E-state index is 6.57. The van der Waals surface area contributed by atoms with Crippen LogP contribution in [0.1, 0.15) is 0 Å². The van der Waals surface area contributed by atoms with Gasteiger partial charge in [0.05, 0.1) is 16.7 Å². The van der Waals surface area contributed by atoms with Gasteiger partial charge in [0.1, 0.15) is 22.3 Å². The van der Waals surface area contributed by atoms with Crippen molar-refractivity contribution in [1.82, 2.24) is 4.57 Å². The van der Waals surface area contributed by atoms with Gasteiger partial charge in [-0.1, -0.05) is 97.1 Å². The molecular formula is C50H30N2O2. The van der Waals surface area contributed by atoms with Gasteiger partial charge in [-0.2, -0.15) is 0 Å². The highest BCUT2D eigenvalue weighted by molar-refractivity contribution is 6.21. The summed E-state index contributed by atoms with van der Waals surface area (Å²) in [6, 6.07) is 64.9. The summed E-state index contributed by atoms with van der Waals surface area (Å²) in [4.78, 5) is 2.37. The Morgan fingerprint density at radius 1 is 0.352 bits per heavy atom. The lowest BCUT2D eigenvalue weighted by atomic mass is 10.0. The first kappa shape index (κ1) is 29.3. The van der Waals surface area contributed by atoms with E-state index >= 15 is 0 Å². The largest absolute Gasteiger partial charge is 0.456 e. The molecule has 0 aliphatic rings. The fourth-order valence-electron chi connectivity index (χ4n) is 8.69. The van der Waals surface area contributed by atoms with Crippen LogP contribution in [-0.4, -0.2) is 4.57 Å². The zero-order valence-corrected chi connectivity index (χ0v) is 29.0. The molecule has 4 nitrogen and oxygen atoms in total. The maximum atomic E-state index is 6.57. The summed E-state index contributed by atoms with van der Waals surface area (Å²) in [5, 5.41) is 11.4. The third-order valence-electron chi connectivity index (χ3n) is 11.1. The van der Waals surface area contributed by atoms with E-state index in [1.165, 1.54) is 16.2 Å². The molecule has 252 valence electrons. The van der Waals surface area contributed by atoms with Crippen LogP contribution in [0.2, 0.25) is 0 Å². The van der Waals surface area contributed by atoms with Gasteiger partial charge in [-0.15, -0.1) is 0 Å². The van der Waals surface area contributed by atoms with Gasteiger partial charge >= 0.3 is 0 Å². The molecule has 4 heteroatoms. The van der Waals surface area contributed by atoms with E-state index in [0.29, 0.717) is 0 Å². The van der Waals surface area contributed by atoms with E-state index in [1.807, 2.05) is 18.2 Å². The fraction of sp³-hybridized carbons (Fsp3) is 0. The molecule has 54 heavy (non-hydrogen) atoms. The molecule has 0 N–H and O–H groups in total. The number of hydrogen-bond acceptors (Lipinski definition) is 3. The minimum atomic E-state index is 0.863. The highest BCUT2D eigenvalue weighted by atomic mass is 16.3. The number of anilines is 3. The van der Waals surface area contributed by atoms with Gasteiger partial charge in [-0.05, 0) is 89.6 Å². The van der Waals surface area contributed by atoms with E-state index in [2.05, 4.69) is 173 Å². The van der Waals surface area contributed by atoms with Crippen LogP contribution in [-0.2, 0) is 0 Å². The second-order valence-corrected chi connectivity index (χ2v) is 14.1. The summed E-state index contributed by atoms with van der Waals surface area (Å²) in [5.41, 5.74) is 10.2. The molecule has 0 bridgehead atoms. The normalized spacial score (nSPS) is 12.1. The highest BCUT2D eigenvalue weighted by Gasteiger charge is 2.21. The lowest BCUT2D eigenvalue weighted by Gasteiger charge is -2.27. The van der Waals surface area contributed by atoms with Crippen molar-refractivity contribution in [3.8, 4) is 5.69 Å². The molecule has 0 fully saturated rings. The summed E-state index contributed by atoms with van der Waals surface area (Å²) in [7, 11) is 0.